The highest BCUT2D eigenvalue weighted by Gasteiger charge is 2.19. The van der Waals surface area contributed by atoms with Crippen LogP contribution < -0.4 is 0 Å². The van der Waals surface area contributed by atoms with Crippen molar-refractivity contribution in [1.82, 2.24) is 0 Å². The summed E-state index contributed by atoms with van der Waals surface area (Å²) in [7, 11) is 0. The van der Waals surface area contributed by atoms with Crippen molar-refractivity contribution in [2.24, 2.45) is 0 Å². The Morgan fingerprint density at radius 1 is 0.268 bits per heavy atom. The van der Waals surface area contributed by atoms with Crippen LogP contribution in [0.2, 0.25) is 0 Å². The molecule has 0 aliphatic rings. The summed E-state index contributed by atoms with van der Waals surface area (Å²) in [4.78, 5) is 0. The van der Waals surface area contributed by atoms with E-state index in [2.05, 4.69) is 159 Å². The molecule has 0 nitrogen and oxygen atoms in total. The predicted molar refractivity (Wildman–Crippen MR) is 178 cm³/mol. The quantitative estimate of drug-likeness (QED) is 0.160. The molecule has 0 saturated heterocycles. The van der Waals surface area contributed by atoms with E-state index >= 15 is 0 Å². The summed E-state index contributed by atoms with van der Waals surface area (Å²) in [6, 6.07) is 55.4. The minimum Gasteiger partial charge on any atom is -0.0622 e. The fraction of sp³-hybridized carbons (Fsp3) is 0.0244. The van der Waals surface area contributed by atoms with Crippen LogP contribution >= 0.6 is 0 Å². The third kappa shape index (κ3) is 3.68. The highest BCUT2D eigenvalue weighted by atomic mass is 14.2. The van der Waals surface area contributed by atoms with Gasteiger partial charge in [-0.1, -0.05) is 146 Å². The number of aryl methyl sites for hydroxylation is 1. The smallest absolute Gasteiger partial charge is 0.00203 e. The van der Waals surface area contributed by atoms with Crippen LogP contribution in [0.25, 0.3) is 76.5 Å². The Morgan fingerprint density at radius 2 is 0.659 bits per heavy atom. The molecule has 0 heteroatoms. The van der Waals surface area contributed by atoms with Gasteiger partial charge in [0.2, 0.25) is 0 Å². The summed E-state index contributed by atoms with van der Waals surface area (Å²) in [5.41, 5.74) is 8.95. The lowest BCUT2D eigenvalue weighted by molar-refractivity contribution is 1.58. The molecule has 0 spiro atoms. The van der Waals surface area contributed by atoms with Crippen molar-refractivity contribution in [1.29, 1.82) is 0 Å². The maximum absolute atomic E-state index is 2.43. The van der Waals surface area contributed by atoms with Gasteiger partial charge in [-0.05, 0) is 95.0 Å². The summed E-state index contributed by atoms with van der Waals surface area (Å²) >= 11 is 0. The van der Waals surface area contributed by atoms with Crippen molar-refractivity contribution in [3.05, 3.63) is 157 Å². The molecular formula is C41H28. The van der Waals surface area contributed by atoms with Crippen molar-refractivity contribution < 1.29 is 0 Å². The Labute approximate surface area is 240 Å². The zero-order chi connectivity index (χ0) is 27.3. The molecule has 0 bridgehead atoms. The van der Waals surface area contributed by atoms with E-state index in [4.69, 9.17) is 0 Å². The van der Waals surface area contributed by atoms with Gasteiger partial charge in [0, 0.05) is 0 Å². The lowest BCUT2D eigenvalue weighted by Gasteiger charge is -2.20. The van der Waals surface area contributed by atoms with Crippen molar-refractivity contribution in [3.63, 3.8) is 0 Å². The first-order valence-corrected chi connectivity index (χ1v) is 14.3. The van der Waals surface area contributed by atoms with Gasteiger partial charge in [-0.25, -0.2) is 0 Å². The highest BCUT2D eigenvalue weighted by molar-refractivity contribution is 6.23. The van der Waals surface area contributed by atoms with Gasteiger partial charge in [-0.2, -0.15) is 0 Å². The van der Waals surface area contributed by atoms with Crippen LogP contribution in [0.3, 0.4) is 0 Å². The average molecular weight is 521 g/mol. The van der Waals surface area contributed by atoms with Crippen LogP contribution in [0.5, 0.6) is 0 Å². The Bertz CT molecular complexity index is 2180. The second-order valence-electron chi connectivity index (χ2n) is 10.9. The van der Waals surface area contributed by atoms with E-state index < -0.39 is 0 Å². The predicted octanol–water partition coefficient (Wildman–Crippen LogP) is 11.6. The van der Waals surface area contributed by atoms with E-state index in [1.165, 1.54) is 82.0 Å². The Balaban J connectivity index is 1.54. The monoisotopic (exact) mass is 520 g/mol. The molecule has 0 saturated carbocycles. The standard InChI is InChI=1S/C41H28/c1-27-31-18-8-11-21-34(31)39(35-22-12-9-19-32(27)35)30-24-25-37-38(26-30)33-20-10-13-23-36(33)40(28-14-4-2-5-15-28)41(37)29-16-6-3-7-17-29/h2-26H,1H3. The van der Waals surface area contributed by atoms with Gasteiger partial charge in [0.15, 0.2) is 0 Å². The molecule has 0 amide bonds. The Hall–Kier alpha value is -5.20. The topological polar surface area (TPSA) is 0 Å². The van der Waals surface area contributed by atoms with Gasteiger partial charge in [-0.15, -0.1) is 0 Å². The lowest BCUT2D eigenvalue weighted by Crippen LogP contribution is -1.93. The van der Waals surface area contributed by atoms with E-state index in [0.717, 1.165) is 0 Å². The SMILES string of the molecule is Cc1c2ccccc2c(-c2ccc3c(-c4ccccc4)c(-c4ccccc4)c4ccccc4c3c2)c2ccccc12. The number of fused-ring (bicyclic) bond motifs is 5. The first kappa shape index (κ1) is 23.7. The van der Waals surface area contributed by atoms with Crippen molar-refractivity contribution >= 4 is 43.1 Å². The zero-order valence-corrected chi connectivity index (χ0v) is 22.9. The summed E-state index contributed by atoms with van der Waals surface area (Å²) in [6.07, 6.45) is 0. The number of rotatable bonds is 3. The average Bonchev–Trinajstić information content (AvgIpc) is 3.05. The molecule has 0 radical (unpaired) electrons. The number of hydrogen-bond acceptors (Lipinski definition) is 0. The van der Waals surface area contributed by atoms with Crippen LogP contribution in [0.4, 0.5) is 0 Å². The summed E-state index contributed by atoms with van der Waals surface area (Å²) in [5, 5.41) is 10.4. The molecule has 0 aromatic heterocycles. The maximum atomic E-state index is 2.43. The largest absolute Gasteiger partial charge is 0.0622 e. The van der Waals surface area contributed by atoms with Gasteiger partial charge >= 0.3 is 0 Å². The van der Waals surface area contributed by atoms with Crippen molar-refractivity contribution in [3.8, 4) is 33.4 Å². The lowest BCUT2D eigenvalue weighted by atomic mass is 9.83. The second-order valence-corrected chi connectivity index (χ2v) is 10.9. The number of hydrogen-bond donors (Lipinski definition) is 0. The van der Waals surface area contributed by atoms with Crippen molar-refractivity contribution in [2.75, 3.05) is 0 Å². The molecule has 0 aliphatic carbocycles. The summed E-state index contributed by atoms with van der Waals surface area (Å²) < 4.78 is 0. The first-order chi connectivity index (χ1) is 20.3. The van der Waals surface area contributed by atoms with Gasteiger partial charge in [0.1, 0.15) is 0 Å². The highest BCUT2D eigenvalue weighted by Crippen LogP contribution is 2.46. The maximum Gasteiger partial charge on any atom is -0.00203 e. The molecule has 0 N–H and O–H groups in total. The van der Waals surface area contributed by atoms with Crippen LogP contribution in [0.1, 0.15) is 5.56 Å². The normalized spacial score (nSPS) is 11.5. The molecule has 0 heterocycles. The van der Waals surface area contributed by atoms with Crippen LogP contribution in [-0.2, 0) is 0 Å². The zero-order valence-electron chi connectivity index (χ0n) is 22.9. The Morgan fingerprint density at radius 3 is 1.17 bits per heavy atom. The molecule has 0 atom stereocenters. The molecule has 192 valence electrons. The second kappa shape index (κ2) is 9.47. The molecule has 0 unspecified atom stereocenters. The minimum atomic E-state index is 1.24. The van der Waals surface area contributed by atoms with Crippen LogP contribution in [-0.4, -0.2) is 0 Å². The number of benzene rings is 8. The van der Waals surface area contributed by atoms with Crippen LogP contribution in [0.15, 0.2) is 152 Å². The van der Waals surface area contributed by atoms with E-state index in [-0.39, 0.29) is 0 Å². The van der Waals surface area contributed by atoms with Gasteiger partial charge in [0.05, 0.1) is 0 Å². The fourth-order valence-electron chi connectivity index (χ4n) is 6.81. The molecule has 0 aliphatic heterocycles. The van der Waals surface area contributed by atoms with Gasteiger partial charge < -0.3 is 0 Å². The van der Waals surface area contributed by atoms with Crippen molar-refractivity contribution in [2.45, 2.75) is 6.92 Å². The Kier molecular flexibility index (Phi) is 5.47. The molecular weight excluding hydrogens is 492 g/mol. The van der Waals surface area contributed by atoms with Gasteiger partial charge in [0.25, 0.3) is 0 Å². The van der Waals surface area contributed by atoms with Gasteiger partial charge in [-0.3, -0.25) is 0 Å². The van der Waals surface area contributed by atoms with E-state index in [1.54, 1.807) is 0 Å². The third-order valence-corrected chi connectivity index (χ3v) is 8.64. The van der Waals surface area contributed by atoms with E-state index in [0.29, 0.717) is 0 Å². The molecule has 8 rings (SSSR count). The van der Waals surface area contributed by atoms with E-state index in [1.807, 2.05) is 0 Å². The summed E-state index contributed by atoms with van der Waals surface area (Å²) in [5.74, 6) is 0. The third-order valence-electron chi connectivity index (χ3n) is 8.64. The van der Waals surface area contributed by atoms with Crippen LogP contribution in [0, 0.1) is 6.92 Å². The molecule has 0 fully saturated rings. The minimum absolute atomic E-state index is 1.24. The first-order valence-electron chi connectivity index (χ1n) is 14.3. The van der Waals surface area contributed by atoms with E-state index in [9.17, 15) is 0 Å². The summed E-state index contributed by atoms with van der Waals surface area (Å²) in [6.45, 7) is 2.25. The molecule has 8 aromatic carbocycles. The molecule has 41 heavy (non-hydrogen) atoms. The molecule has 8 aromatic rings. The fourth-order valence-corrected chi connectivity index (χ4v) is 6.81.